The minimum Gasteiger partial charge on any atom is -0.350 e. The second-order valence-electron chi connectivity index (χ2n) is 6.03. The first-order chi connectivity index (χ1) is 11.0. The zero-order valence-electron chi connectivity index (χ0n) is 13.8. The molecule has 1 aliphatic rings. The molecule has 2 N–H and O–H groups in total. The van der Waals surface area contributed by atoms with Crippen LogP contribution in [0.15, 0.2) is 30.3 Å². The van der Waals surface area contributed by atoms with Gasteiger partial charge in [-0.1, -0.05) is 0 Å². The van der Waals surface area contributed by atoms with Gasteiger partial charge in [-0.25, -0.2) is 9.07 Å². The SMILES string of the molecule is Cc1cc(C)n(-c2ccc(C(=O)NC[C@@H]3C[C@H](F)CN3)cc2)n1.Cl. The van der Waals surface area contributed by atoms with Gasteiger partial charge in [0, 0.05) is 30.4 Å². The van der Waals surface area contributed by atoms with Crippen LogP contribution in [0.1, 0.15) is 28.2 Å². The van der Waals surface area contributed by atoms with E-state index >= 15 is 0 Å². The molecule has 0 unspecified atom stereocenters. The monoisotopic (exact) mass is 352 g/mol. The lowest BCUT2D eigenvalue weighted by Gasteiger charge is -2.11. The second-order valence-corrected chi connectivity index (χ2v) is 6.03. The van der Waals surface area contributed by atoms with E-state index < -0.39 is 6.17 Å². The van der Waals surface area contributed by atoms with Gasteiger partial charge in [0.25, 0.3) is 5.91 Å². The highest BCUT2D eigenvalue weighted by molar-refractivity contribution is 5.94. The first-order valence-electron chi connectivity index (χ1n) is 7.82. The summed E-state index contributed by atoms with van der Waals surface area (Å²) >= 11 is 0. The number of aromatic nitrogens is 2. The molecule has 1 aromatic carbocycles. The fraction of sp³-hybridized carbons (Fsp3) is 0.412. The van der Waals surface area contributed by atoms with Crippen molar-refractivity contribution in [2.45, 2.75) is 32.5 Å². The maximum atomic E-state index is 13.1. The number of halogens is 2. The molecule has 0 bridgehead atoms. The topological polar surface area (TPSA) is 59.0 Å². The molecule has 2 heterocycles. The van der Waals surface area contributed by atoms with Crippen molar-refractivity contribution in [3.8, 4) is 5.69 Å². The molecular formula is C17H22ClFN4O. The Labute approximate surface area is 147 Å². The molecule has 130 valence electrons. The van der Waals surface area contributed by atoms with E-state index in [9.17, 15) is 9.18 Å². The van der Waals surface area contributed by atoms with Gasteiger partial charge in [0.05, 0.1) is 11.4 Å². The molecule has 24 heavy (non-hydrogen) atoms. The summed E-state index contributed by atoms with van der Waals surface area (Å²) < 4.78 is 14.9. The fourth-order valence-electron chi connectivity index (χ4n) is 2.89. The Kier molecular flexibility index (Phi) is 5.96. The molecule has 1 fully saturated rings. The number of benzene rings is 1. The van der Waals surface area contributed by atoms with Crippen LogP contribution in [0.3, 0.4) is 0 Å². The Morgan fingerprint density at radius 3 is 2.62 bits per heavy atom. The number of rotatable bonds is 4. The van der Waals surface area contributed by atoms with Crippen molar-refractivity contribution in [3.05, 3.63) is 47.3 Å². The van der Waals surface area contributed by atoms with E-state index in [1.807, 2.05) is 36.7 Å². The van der Waals surface area contributed by atoms with Gasteiger partial charge in [-0.05, 0) is 50.6 Å². The fourth-order valence-corrected chi connectivity index (χ4v) is 2.89. The second kappa shape index (κ2) is 7.77. The highest BCUT2D eigenvalue weighted by Gasteiger charge is 2.23. The Balaban J connectivity index is 0.00000208. The number of amides is 1. The predicted octanol–water partition coefficient (Wildman–Crippen LogP) is 2.34. The highest BCUT2D eigenvalue weighted by atomic mass is 35.5. The third kappa shape index (κ3) is 4.13. The first kappa shape index (κ1) is 18.4. The number of nitrogens with zero attached hydrogens (tertiary/aromatic N) is 2. The van der Waals surface area contributed by atoms with Crippen molar-refractivity contribution in [1.82, 2.24) is 20.4 Å². The van der Waals surface area contributed by atoms with Gasteiger partial charge in [-0.15, -0.1) is 12.4 Å². The van der Waals surface area contributed by atoms with Gasteiger partial charge >= 0.3 is 0 Å². The molecule has 5 nitrogen and oxygen atoms in total. The minimum absolute atomic E-state index is 0. The number of nitrogens with one attached hydrogen (secondary N) is 2. The maximum absolute atomic E-state index is 13.1. The standard InChI is InChI=1S/C17H21FN4O.ClH/c1-11-7-12(2)22(21-11)16-5-3-13(4-6-16)17(23)20-10-15-8-14(18)9-19-15;/h3-7,14-15,19H,8-10H2,1-2H3,(H,20,23);1H/t14-,15-;/m0./s1. The zero-order chi connectivity index (χ0) is 16.4. The molecule has 0 spiro atoms. The molecule has 2 aromatic rings. The molecule has 0 saturated carbocycles. The first-order valence-corrected chi connectivity index (χ1v) is 7.82. The Hall–Kier alpha value is -1.92. The summed E-state index contributed by atoms with van der Waals surface area (Å²) in [5, 5.41) is 10.3. The molecule has 2 atom stereocenters. The number of carbonyl (C=O) groups excluding carboxylic acids is 1. The highest BCUT2D eigenvalue weighted by Crippen LogP contribution is 2.13. The van der Waals surface area contributed by atoms with Crippen LogP contribution in [-0.4, -0.2) is 41.0 Å². The lowest BCUT2D eigenvalue weighted by Crippen LogP contribution is -2.37. The summed E-state index contributed by atoms with van der Waals surface area (Å²) in [5.41, 5.74) is 3.52. The number of carbonyl (C=O) groups is 1. The van der Waals surface area contributed by atoms with Crippen LogP contribution < -0.4 is 10.6 Å². The van der Waals surface area contributed by atoms with Crippen LogP contribution in [-0.2, 0) is 0 Å². The van der Waals surface area contributed by atoms with Gasteiger partial charge in [0.2, 0.25) is 0 Å². The number of alkyl halides is 1. The van der Waals surface area contributed by atoms with Crippen LogP contribution in [0.4, 0.5) is 4.39 Å². The summed E-state index contributed by atoms with van der Waals surface area (Å²) in [7, 11) is 0. The van der Waals surface area contributed by atoms with Crippen LogP contribution in [0.2, 0.25) is 0 Å². The van der Waals surface area contributed by atoms with Crippen molar-refractivity contribution in [2.24, 2.45) is 0 Å². The van der Waals surface area contributed by atoms with Gasteiger partial charge < -0.3 is 10.6 Å². The van der Waals surface area contributed by atoms with Crippen LogP contribution >= 0.6 is 12.4 Å². The molecule has 0 aliphatic carbocycles. The summed E-state index contributed by atoms with van der Waals surface area (Å²) in [6.45, 7) is 4.76. The Morgan fingerprint density at radius 2 is 2.08 bits per heavy atom. The van der Waals surface area contributed by atoms with Gasteiger partial charge in [-0.3, -0.25) is 4.79 Å². The molecular weight excluding hydrogens is 331 g/mol. The number of hydrogen-bond acceptors (Lipinski definition) is 3. The lowest BCUT2D eigenvalue weighted by molar-refractivity contribution is 0.0950. The largest absolute Gasteiger partial charge is 0.350 e. The summed E-state index contributed by atoms with van der Waals surface area (Å²) in [4.78, 5) is 12.1. The van der Waals surface area contributed by atoms with Crippen LogP contribution in [0.5, 0.6) is 0 Å². The number of aryl methyl sites for hydroxylation is 2. The zero-order valence-corrected chi connectivity index (χ0v) is 14.6. The average Bonchev–Trinajstić information content (AvgIpc) is 3.10. The summed E-state index contributed by atoms with van der Waals surface area (Å²) in [6.07, 6.45) is -0.353. The average molecular weight is 353 g/mol. The van der Waals surface area contributed by atoms with Gasteiger partial charge in [0.15, 0.2) is 0 Å². The van der Waals surface area contributed by atoms with Crippen molar-refractivity contribution in [1.29, 1.82) is 0 Å². The maximum Gasteiger partial charge on any atom is 0.251 e. The van der Waals surface area contributed by atoms with Crippen molar-refractivity contribution in [3.63, 3.8) is 0 Å². The molecule has 1 amide bonds. The summed E-state index contributed by atoms with van der Waals surface area (Å²) in [6, 6.07) is 9.33. The van der Waals surface area contributed by atoms with Crippen molar-refractivity contribution in [2.75, 3.05) is 13.1 Å². The van der Waals surface area contributed by atoms with E-state index in [1.54, 1.807) is 12.1 Å². The Morgan fingerprint density at radius 1 is 1.38 bits per heavy atom. The Bertz CT molecular complexity index is 701. The van der Waals surface area contributed by atoms with E-state index in [-0.39, 0.29) is 24.4 Å². The van der Waals surface area contributed by atoms with Gasteiger partial charge in [0.1, 0.15) is 6.17 Å². The molecule has 7 heteroatoms. The van der Waals surface area contributed by atoms with E-state index in [4.69, 9.17) is 0 Å². The number of hydrogen-bond donors (Lipinski definition) is 2. The molecule has 1 aliphatic heterocycles. The summed E-state index contributed by atoms with van der Waals surface area (Å²) in [5.74, 6) is -0.144. The van der Waals surface area contributed by atoms with Crippen molar-refractivity contribution < 1.29 is 9.18 Å². The van der Waals surface area contributed by atoms with E-state index in [2.05, 4.69) is 15.7 Å². The van der Waals surface area contributed by atoms with Crippen LogP contribution in [0, 0.1) is 13.8 Å². The lowest BCUT2D eigenvalue weighted by atomic mass is 10.1. The van der Waals surface area contributed by atoms with E-state index in [1.165, 1.54) is 0 Å². The molecule has 0 radical (unpaired) electrons. The molecule has 1 aromatic heterocycles. The third-order valence-corrected chi connectivity index (χ3v) is 4.06. The smallest absolute Gasteiger partial charge is 0.251 e. The van der Waals surface area contributed by atoms with Gasteiger partial charge in [-0.2, -0.15) is 5.10 Å². The van der Waals surface area contributed by atoms with Crippen molar-refractivity contribution >= 4 is 18.3 Å². The molecule has 1 saturated heterocycles. The molecule has 3 rings (SSSR count). The predicted molar refractivity (Wildman–Crippen MR) is 93.9 cm³/mol. The normalized spacial score (nSPS) is 19.8. The minimum atomic E-state index is -0.808. The van der Waals surface area contributed by atoms with Crippen LogP contribution in [0.25, 0.3) is 5.69 Å². The van der Waals surface area contributed by atoms with E-state index in [0.29, 0.717) is 25.1 Å². The van der Waals surface area contributed by atoms with E-state index in [0.717, 1.165) is 17.1 Å². The quantitative estimate of drug-likeness (QED) is 0.888. The third-order valence-electron chi connectivity index (χ3n) is 4.06.